The number of aliphatic hydroxyl groups is 1. The molecule has 0 spiro atoms. The van der Waals surface area contributed by atoms with Crippen molar-refractivity contribution in [2.75, 3.05) is 36.5 Å². The summed E-state index contributed by atoms with van der Waals surface area (Å²) in [6.07, 6.45) is 0.248. The zero-order valence-corrected chi connectivity index (χ0v) is 11.9. The third kappa shape index (κ3) is 2.07. The van der Waals surface area contributed by atoms with E-state index in [0.29, 0.717) is 5.56 Å². The van der Waals surface area contributed by atoms with Crippen LogP contribution in [-0.2, 0) is 9.53 Å². The van der Waals surface area contributed by atoms with Crippen molar-refractivity contribution < 1.29 is 14.6 Å². The third-order valence-corrected chi connectivity index (χ3v) is 4.19. The van der Waals surface area contributed by atoms with E-state index in [1.165, 1.54) is 4.90 Å². The van der Waals surface area contributed by atoms with Crippen LogP contribution >= 0.6 is 0 Å². The topological polar surface area (TPSA) is 53.0 Å². The van der Waals surface area contributed by atoms with Crippen molar-refractivity contribution in [2.45, 2.75) is 25.6 Å². The van der Waals surface area contributed by atoms with E-state index in [9.17, 15) is 9.90 Å². The van der Waals surface area contributed by atoms with Gasteiger partial charge < -0.3 is 19.6 Å². The molecule has 1 amide bonds. The van der Waals surface area contributed by atoms with Crippen molar-refractivity contribution in [3.05, 3.63) is 23.8 Å². The number of aliphatic hydroxyl groups excluding tert-OH is 1. The molecule has 1 aromatic carbocycles. The van der Waals surface area contributed by atoms with Gasteiger partial charge in [0.25, 0.3) is 5.91 Å². The van der Waals surface area contributed by atoms with Crippen LogP contribution in [0.4, 0.5) is 11.4 Å². The van der Waals surface area contributed by atoms with Crippen molar-refractivity contribution in [1.29, 1.82) is 0 Å². The Morgan fingerprint density at radius 1 is 1.45 bits per heavy atom. The molecule has 2 unspecified atom stereocenters. The van der Waals surface area contributed by atoms with Crippen LogP contribution in [0.1, 0.15) is 25.0 Å². The number of hydrogen-bond acceptors (Lipinski definition) is 4. The van der Waals surface area contributed by atoms with Gasteiger partial charge >= 0.3 is 0 Å². The standard InChI is InChI=1S/C15H20N2O3/c1-3-11-9-17(6-7-20-11)10-4-5-12-13(8-10)16(2)15(19)14(12)18/h4-5,8,11,14,18H,3,6-7,9H2,1-2H3. The van der Waals surface area contributed by atoms with Gasteiger partial charge in [-0.2, -0.15) is 0 Å². The van der Waals surface area contributed by atoms with E-state index in [-0.39, 0.29) is 12.0 Å². The molecular weight excluding hydrogens is 256 g/mol. The van der Waals surface area contributed by atoms with Crippen LogP contribution in [0.5, 0.6) is 0 Å². The minimum atomic E-state index is -1.02. The molecule has 20 heavy (non-hydrogen) atoms. The molecular formula is C15H20N2O3. The summed E-state index contributed by atoms with van der Waals surface area (Å²) in [7, 11) is 1.70. The number of carbonyl (C=O) groups excluding carboxylic acids is 1. The maximum atomic E-state index is 11.8. The van der Waals surface area contributed by atoms with Crippen LogP contribution in [-0.4, -0.2) is 43.9 Å². The lowest BCUT2D eigenvalue weighted by atomic mass is 10.1. The molecule has 0 aromatic heterocycles. The van der Waals surface area contributed by atoms with Crippen molar-refractivity contribution in [3.63, 3.8) is 0 Å². The fourth-order valence-corrected chi connectivity index (χ4v) is 2.89. The summed E-state index contributed by atoms with van der Waals surface area (Å²) in [5.41, 5.74) is 2.58. The van der Waals surface area contributed by atoms with Gasteiger partial charge in [-0.1, -0.05) is 13.0 Å². The van der Waals surface area contributed by atoms with Crippen LogP contribution in [0.15, 0.2) is 18.2 Å². The molecule has 0 aliphatic carbocycles. The number of hydrogen-bond donors (Lipinski definition) is 1. The first-order valence-electron chi connectivity index (χ1n) is 7.08. The summed E-state index contributed by atoms with van der Waals surface area (Å²) in [6, 6.07) is 5.82. The number of morpholine rings is 1. The van der Waals surface area contributed by atoms with Gasteiger partial charge in [0.05, 0.1) is 18.4 Å². The number of benzene rings is 1. The van der Waals surface area contributed by atoms with Crippen molar-refractivity contribution in [1.82, 2.24) is 0 Å². The Kier molecular flexibility index (Phi) is 3.40. The van der Waals surface area contributed by atoms with Crippen LogP contribution in [0.2, 0.25) is 0 Å². The number of nitrogens with zero attached hydrogens (tertiary/aromatic N) is 2. The van der Waals surface area contributed by atoms with Gasteiger partial charge in [-0.3, -0.25) is 4.79 Å². The Bertz CT molecular complexity index is 532. The lowest BCUT2D eigenvalue weighted by molar-refractivity contribution is -0.125. The molecule has 108 valence electrons. The highest BCUT2D eigenvalue weighted by molar-refractivity contribution is 6.03. The molecule has 2 atom stereocenters. The van der Waals surface area contributed by atoms with E-state index in [0.717, 1.165) is 37.5 Å². The predicted molar refractivity (Wildman–Crippen MR) is 77.1 cm³/mol. The highest BCUT2D eigenvalue weighted by Gasteiger charge is 2.34. The van der Waals surface area contributed by atoms with Gasteiger partial charge in [-0.05, 0) is 18.6 Å². The van der Waals surface area contributed by atoms with E-state index in [1.807, 2.05) is 18.2 Å². The average molecular weight is 276 g/mol. The van der Waals surface area contributed by atoms with E-state index in [2.05, 4.69) is 11.8 Å². The van der Waals surface area contributed by atoms with Crippen molar-refractivity contribution in [3.8, 4) is 0 Å². The largest absolute Gasteiger partial charge is 0.378 e. The second kappa shape index (κ2) is 5.07. The van der Waals surface area contributed by atoms with Gasteiger partial charge in [-0.15, -0.1) is 0 Å². The van der Waals surface area contributed by atoms with Gasteiger partial charge in [0, 0.05) is 31.4 Å². The maximum Gasteiger partial charge on any atom is 0.260 e. The Hall–Kier alpha value is -1.59. The molecule has 1 N–H and O–H groups in total. The van der Waals surface area contributed by atoms with E-state index >= 15 is 0 Å². The van der Waals surface area contributed by atoms with Crippen LogP contribution in [0, 0.1) is 0 Å². The lowest BCUT2D eigenvalue weighted by Gasteiger charge is -2.34. The quantitative estimate of drug-likeness (QED) is 0.885. The SMILES string of the molecule is CCC1CN(c2ccc3c(c2)N(C)C(=O)C3O)CCO1. The van der Waals surface area contributed by atoms with Gasteiger partial charge in [0.2, 0.25) is 0 Å². The zero-order valence-electron chi connectivity index (χ0n) is 11.9. The summed E-state index contributed by atoms with van der Waals surface area (Å²) in [6.45, 7) is 4.58. The number of carbonyl (C=O) groups is 1. The Morgan fingerprint density at radius 2 is 2.25 bits per heavy atom. The molecule has 5 heteroatoms. The maximum absolute atomic E-state index is 11.8. The van der Waals surface area contributed by atoms with E-state index < -0.39 is 6.10 Å². The summed E-state index contributed by atoms with van der Waals surface area (Å²) in [5, 5.41) is 9.88. The zero-order chi connectivity index (χ0) is 14.3. The Balaban J connectivity index is 1.88. The Morgan fingerprint density at radius 3 is 3.00 bits per heavy atom. The highest BCUT2D eigenvalue weighted by atomic mass is 16.5. The highest BCUT2D eigenvalue weighted by Crippen LogP contribution is 2.37. The normalized spacial score (nSPS) is 26.1. The molecule has 1 saturated heterocycles. The third-order valence-electron chi connectivity index (χ3n) is 4.19. The molecule has 5 nitrogen and oxygen atoms in total. The first-order valence-corrected chi connectivity index (χ1v) is 7.08. The summed E-state index contributed by atoms with van der Waals surface area (Å²) >= 11 is 0. The molecule has 1 fully saturated rings. The number of amides is 1. The molecule has 3 rings (SSSR count). The van der Waals surface area contributed by atoms with Crippen LogP contribution < -0.4 is 9.80 Å². The first kappa shape index (κ1) is 13.4. The monoisotopic (exact) mass is 276 g/mol. The second-order valence-corrected chi connectivity index (χ2v) is 5.39. The molecule has 2 heterocycles. The number of fused-ring (bicyclic) bond motifs is 1. The molecule has 2 aliphatic rings. The fraction of sp³-hybridized carbons (Fsp3) is 0.533. The number of anilines is 2. The molecule has 0 bridgehead atoms. The lowest BCUT2D eigenvalue weighted by Crippen LogP contribution is -2.42. The Labute approximate surface area is 118 Å². The van der Waals surface area contributed by atoms with Crippen LogP contribution in [0.3, 0.4) is 0 Å². The van der Waals surface area contributed by atoms with Gasteiger partial charge in [0.15, 0.2) is 6.10 Å². The minimum Gasteiger partial charge on any atom is -0.378 e. The van der Waals surface area contributed by atoms with Crippen LogP contribution in [0.25, 0.3) is 0 Å². The second-order valence-electron chi connectivity index (χ2n) is 5.39. The number of ether oxygens (including phenoxy) is 1. The summed E-state index contributed by atoms with van der Waals surface area (Å²) < 4.78 is 5.68. The summed E-state index contributed by atoms with van der Waals surface area (Å²) in [5.74, 6) is -0.259. The minimum absolute atomic E-state index is 0.259. The first-order chi connectivity index (χ1) is 9.61. The molecule has 2 aliphatic heterocycles. The smallest absolute Gasteiger partial charge is 0.260 e. The molecule has 1 aromatic rings. The van der Waals surface area contributed by atoms with Gasteiger partial charge in [-0.25, -0.2) is 0 Å². The molecule has 0 saturated carbocycles. The van der Waals surface area contributed by atoms with Crippen molar-refractivity contribution >= 4 is 17.3 Å². The summed E-state index contributed by atoms with van der Waals surface area (Å²) in [4.78, 5) is 15.6. The number of likely N-dealkylation sites (N-methyl/N-ethyl adjacent to an activating group) is 1. The fourth-order valence-electron chi connectivity index (χ4n) is 2.89. The van der Waals surface area contributed by atoms with Gasteiger partial charge in [0.1, 0.15) is 0 Å². The van der Waals surface area contributed by atoms with E-state index in [4.69, 9.17) is 4.74 Å². The number of rotatable bonds is 2. The van der Waals surface area contributed by atoms with E-state index in [1.54, 1.807) is 7.05 Å². The average Bonchev–Trinajstić information content (AvgIpc) is 2.72. The predicted octanol–water partition coefficient (Wildman–Crippen LogP) is 1.31. The van der Waals surface area contributed by atoms with Crippen molar-refractivity contribution in [2.24, 2.45) is 0 Å². The molecule has 0 radical (unpaired) electrons.